The Labute approximate surface area is 542 Å². The molecule has 0 aliphatic rings. The third kappa shape index (κ3) is 55.3. The van der Waals surface area contributed by atoms with Crippen LogP contribution in [0.1, 0.15) is 398 Å². The number of aliphatic imine (C=N–C) groups is 2. The Morgan fingerprint density at radius 1 is 0.271 bits per heavy atom. The number of hydrogen-bond donors (Lipinski definition) is 0. The van der Waals surface area contributed by atoms with E-state index in [0.717, 1.165) is 62.0 Å². The first-order valence-corrected chi connectivity index (χ1v) is 38.0. The van der Waals surface area contributed by atoms with Crippen LogP contribution >= 0.6 is 0 Å². The topological polar surface area (TPSA) is 24.7 Å². The first-order valence-electron chi connectivity index (χ1n) is 38.0. The van der Waals surface area contributed by atoms with Gasteiger partial charge in [-0.1, -0.05) is 389 Å². The minimum Gasteiger partial charge on any atom is -0.254 e. The molecule has 0 heterocycles. The van der Waals surface area contributed by atoms with E-state index in [-0.39, 0.29) is 16.5 Å². The van der Waals surface area contributed by atoms with E-state index in [1.54, 1.807) is 0 Å². The maximum absolute atomic E-state index is 5.34. The van der Waals surface area contributed by atoms with Gasteiger partial charge in [-0.05, 0) is 106 Å². The average Bonchev–Trinajstić information content (AvgIpc) is 3.62. The van der Waals surface area contributed by atoms with Crippen molar-refractivity contribution >= 4 is 23.3 Å². The summed E-state index contributed by atoms with van der Waals surface area (Å²) in [6.45, 7) is 6.93. The molecule has 0 amide bonds. The second-order valence-electron chi connectivity index (χ2n) is 26.2. The largest absolute Gasteiger partial charge is 0.254 e. The van der Waals surface area contributed by atoms with E-state index < -0.39 is 0 Å². The molecule has 85 heavy (non-hydrogen) atoms. The van der Waals surface area contributed by atoms with Crippen LogP contribution in [0.4, 0.5) is 11.4 Å². The number of rotatable bonds is 65. The van der Waals surface area contributed by atoms with Crippen molar-refractivity contribution in [3.8, 4) is 0 Å². The van der Waals surface area contributed by atoms with Crippen LogP contribution in [0.25, 0.3) is 0 Å². The van der Waals surface area contributed by atoms with Crippen molar-refractivity contribution in [1.29, 1.82) is 0 Å². The van der Waals surface area contributed by atoms with Gasteiger partial charge in [-0.15, -0.1) is 0 Å². The standard InChI is InChI=1S/C82H142N2.Ni/c1-4-7-10-13-16-19-22-25-28-31-34-37-38-41-44-47-50-53-56-59-62-65-74-80(84-82-76-69-67-73-79(82)71-64-61-58-55-52-49-46-43-40-36-33-30-27-24-21-18-15-12-9-6-3)77-83-81-75-68-66-72-78(81)70-63-60-57-54-51-48-45-42-39-35-32-29-26-23-20-17-14-11-8-5-2;/h54-55,57-58,65-69,72-77H,4-53,56,59-64,70-71H2,1-3H3;/b57-54+,58-55+,74-65+,83-77?,84-80?;. The third-order valence-electron chi connectivity index (χ3n) is 18.0. The quantitative estimate of drug-likeness (QED) is 0.0273. The van der Waals surface area contributed by atoms with E-state index in [1.807, 2.05) is 6.21 Å². The minimum absolute atomic E-state index is 0. The normalized spacial score (nSPS) is 12.2. The van der Waals surface area contributed by atoms with E-state index in [9.17, 15) is 0 Å². The average molecular weight is 1210 g/mol. The van der Waals surface area contributed by atoms with Crippen LogP contribution in [0, 0.1) is 0 Å². The number of benzene rings is 2. The number of aryl methyl sites for hydroxylation is 2. The van der Waals surface area contributed by atoms with Gasteiger partial charge in [0.05, 0.1) is 23.3 Å². The molecule has 2 nitrogen and oxygen atoms in total. The van der Waals surface area contributed by atoms with Crippen LogP contribution in [0.2, 0.25) is 0 Å². The molecule has 0 saturated heterocycles. The van der Waals surface area contributed by atoms with Crippen molar-refractivity contribution in [1.82, 2.24) is 0 Å². The second kappa shape index (κ2) is 67.4. The molecule has 2 rings (SSSR count). The van der Waals surface area contributed by atoms with E-state index >= 15 is 0 Å². The van der Waals surface area contributed by atoms with Crippen LogP contribution in [0.5, 0.6) is 0 Å². The van der Waals surface area contributed by atoms with E-state index in [0.29, 0.717) is 0 Å². The van der Waals surface area contributed by atoms with Crippen molar-refractivity contribution in [3.63, 3.8) is 0 Å². The number of unbranched alkanes of at least 4 members (excludes halogenated alkanes) is 52. The van der Waals surface area contributed by atoms with E-state index in [1.165, 1.54) is 345 Å². The number of para-hydroxylation sites is 2. The monoisotopic (exact) mass is 1210 g/mol. The smallest absolute Gasteiger partial charge is 0.0816 e. The molecule has 0 fully saturated rings. The van der Waals surface area contributed by atoms with Gasteiger partial charge >= 0.3 is 0 Å². The van der Waals surface area contributed by atoms with Crippen LogP contribution < -0.4 is 0 Å². The molecule has 0 unspecified atom stereocenters. The summed E-state index contributed by atoms with van der Waals surface area (Å²) in [6, 6.07) is 17.7. The van der Waals surface area contributed by atoms with Crippen LogP contribution in [0.3, 0.4) is 0 Å². The molecule has 0 aliphatic heterocycles. The Bertz CT molecular complexity index is 1800. The molecular formula is C82H142N2Ni. The van der Waals surface area contributed by atoms with Crippen molar-refractivity contribution in [2.45, 2.75) is 400 Å². The summed E-state index contributed by atoms with van der Waals surface area (Å²) in [6.07, 6.45) is 97.9. The molecule has 0 spiro atoms. The fourth-order valence-electron chi connectivity index (χ4n) is 12.3. The van der Waals surface area contributed by atoms with Crippen molar-refractivity contribution in [2.75, 3.05) is 0 Å². The Morgan fingerprint density at radius 3 is 0.812 bits per heavy atom. The first kappa shape index (κ1) is 80.5. The number of allylic oxidation sites excluding steroid dienone is 6. The summed E-state index contributed by atoms with van der Waals surface area (Å²) in [5, 5.41) is 0. The summed E-state index contributed by atoms with van der Waals surface area (Å²) in [5.74, 6) is 0. The summed E-state index contributed by atoms with van der Waals surface area (Å²) < 4.78 is 0. The molecule has 2 aromatic carbocycles. The predicted octanol–water partition coefficient (Wildman–Crippen LogP) is 29.2. The molecule has 0 radical (unpaired) electrons. The molecule has 0 bridgehead atoms. The zero-order valence-electron chi connectivity index (χ0n) is 57.1. The van der Waals surface area contributed by atoms with Gasteiger partial charge in [0.25, 0.3) is 0 Å². The number of nitrogens with zero attached hydrogens (tertiary/aromatic N) is 2. The van der Waals surface area contributed by atoms with Crippen LogP contribution in [-0.2, 0) is 29.3 Å². The first-order chi connectivity index (χ1) is 41.8. The van der Waals surface area contributed by atoms with Crippen molar-refractivity contribution < 1.29 is 16.5 Å². The SMILES string of the molecule is CCCCCCCCCCCCCCCCC/C=C/CCCc1ccccc1N=CC(/C=C/CCCCCCCCCCCCCCCCCCCCCC)=Nc1ccccc1CCC/C=C/CCCCCCCCCCCCCCCCC.[Ni]. The summed E-state index contributed by atoms with van der Waals surface area (Å²) >= 11 is 0. The fraction of sp³-hybridized carbons (Fsp3) is 0.756. The van der Waals surface area contributed by atoms with Gasteiger partial charge in [-0.2, -0.15) is 0 Å². The van der Waals surface area contributed by atoms with Crippen molar-refractivity contribution in [3.05, 3.63) is 96.1 Å². The zero-order chi connectivity index (χ0) is 59.6. The Balaban J connectivity index is 0.0000361. The molecule has 0 atom stereocenters. The molecule has 0 aromatic heterocycles. The number of hydrogen-bond acceptors (Lipinski definition) is 2. The van der Waals surface area contributed by atoms with Gasteiger partial charge in [-0.25, -0.2) is 4.99 Å². The van der Waals surface area contributed by atoms with Gasteiger partial charge in [0.15, 0.2) is 0 Å². The molecule has 0 N–H and O–H groups in total. The Hall–Kier alpha value is -2.51. The van der Waals surface area contributed by atoms with Gasteiger partial charge in [0.1, 0.15) is 0 Å². The maximum atomic E-state index is 5.34. The minimum atomic E-state index is 0. The van der Waals surface area contributed by atoms with Crippen LogP contribution in [0.15, 0.2) is 95.0 Å². The molecule has 2 aromatic rings. The zero-order valence-corrected chi connectivity index (χ0v) is 58.1. The summed E-state index contributed by atoms with van der Waals surface area (Å²) in [4.78, 5) is 10.5. The summed E-state index contributed by atoms with van der Waals surface area (Å²) in [5.41, 5.74) is 5.81. The van der Waals surface area contributed by atoms with Gasteiger partial charge < -0.3 is 0 Å². The van der Waals surface area contributed by atoms with Crippen molar-refractivity contribution in [2.24, 2.45) is 9.98 Å². The molecule has 490 valence electrons. The molecule has 0 aliphatic carbocycles. The molecule has 3 heteroatoms. The maximum Gasteiger partial charge on any atom is 0.0816 e. The van der Waals surface area contributed by atoms with Gasteiger partial charge in [0, 0.05) is 16.5 Å². The predicted molar refractivity (Wildman–Crippen MR) is 383 cm³/mol. The van der Waals surface area contributed by atoms with Crippen LogP contribution in [-0.4, -0.2) is 11.9 Å². The Kier molecular flexibility index (Phi) is 63.9. The Morgan fingerprint density at radius 2 is 0.506 bits per heavy atom. The van der Waals surface area contributed by atoms with Gasteiger partial charge in [-0.3, -0.25) is 4.99 Å². The summed E-state index contributed by atoms with van der Waals surface area (Å²) in [7, 11) is 0. The molecule has 0 saturated carbocycles. The van der Waals surface area contributed by atoms with Gasteiger partial charge in [0.2, 0.25) is 0 Å². The van der Waals surface area contributed by atoms with E-state index in [4.69, 9.17) is 9.98 Å². The fourth-order valence-corrected chi connectivity index (χ4v) is 12.3. The van der Waals surface area contributed by atoms with E-state index in [2.05, 4.69) is 106 Å². The third-order valence-corrected chi connectivity index (χ3v) is 18.0. The molecular weight excluding hydrogens is 1070 g/mol. The second-order valence-corrected chi connectivity index (χ2v) is 26.2.